The number of esters is 1. The number of ether oxygens (including phenoxy) is 1. The number of carbonyl (C=O) groups excluding carboxylic acids is 1. The zero-order valence-electron chi connectivity index (χ0n) is 12.5. The molecule has 1 aliphatic rings. The van der Waals surface area contributed by atoms with Crippen molar-refractivity contribution in [3.63, 3.8) is 0 Å². The van der Waals surface area contributed by atoms with E-state index < -0.39 is 23.1 Å². The average molecular weight is 297 g/mol. The average Bonchev–Trinajstić information content (AvgIpc) is 2.96. The predicted octanol–water partition coefficient (Wildman–Crippen LogP) is 3.23. The van der Waals surface area contributed by atoms with Crippen molar-refractivity contribution in [3.8, 4) is 0 Å². The Morgan fingerprint density at radius 1 is 1.33 bits per heavy atom. The lowest BCUT2D eigenvalue weighted by Gasteiger charge is -2.38. The summed E-state index contributed by atoms with van der Waals surface area (Å²) >= 11 is 0. The molecule has 0 radical (unpaired) electrons. The van der Waals surface area contributed by atoms with Gasteiger partial charge in [-0.1, -0.05) is 12.1 Å². The molecule has 1 aliphatic heterocycles. The third-order valence-electron chi connectivity index (χ3n) is 4.13. The van der Waals surface area contributed by atoms with Crippen LogP contribution < -0.4 is 0 Å². The normalized spacial score (nSPS) is 18.5. The minimum atomic E-state index is -0.887. The van der Waals surface area contributed by atoms with Crippen LogP contribution in [0.5, 0.6) is 0 Å². The maximum Gasteiger partial charge on any atom is 0.308 e. The van der Waals surface area contributed by atoms with Gasteiger partial charge in [-0.15, -0.1) is 0 Å². The molecule has 5 heteroatoms. The highest BCUT2D eigenvalue weighted by Crippen LogP contribution is 2.37. The lowest BCUT2D eigenvalue weighted by atomic mass is 9.86. The Hall–Kier alpha value is -1.49. The molecule has 0 N–H and O–H groups in total. The third-order valence-corrected chi connectivity index (χ3v) is 4.13. The summed E-state index contributed by atoms with van der Waals surface area (Å²) < 4.78 is 32.8. The summed E-state index contributed by atoms with van der Waals surface area (Å²) in [7, 11) is 0. The topological polar surface area (TPSA) is 29.5 Å². The van der Waals surface area contributed by atoms with Crippen LogP contribution >= 0.6 is 0 Å². The van der Waals surface area contributed by atoms with Gasteiger partial charge in [-0.3, -0.25) is 9.69 Å². The quantitative estimate of drug-likeness (QED) is 0.782. The minimum Gasteiger partial charge on any atom is -0.466 e. The van der Waals surface area contributed by atoms with Crippen LogP contribution in [0.25, 0.3) is 0 Å². The standard InChI is InChI=1S/C16H21F2NO2/c1-3-21-14(20)11-16(2,19-9-4-5-10-19)12-7-6-8-13(17)15(12)18/h6-8H,3-5,9-11H2,1-2H3. The third kappa shape index (κ3) is 3.23. The summed E-state index contributed by atoms with van der Waals surface area (Å²) in [5.74, 6) is -2.16. The zero-order valence-corrected chi connectivity index (χ0v) is 12.5. The molecule has 1 unspecified atom stereocenters. The van der Waals surface area contributed by atoms with Crippen molar-refractivity contribution in [1.29, 1.82) is 0 Å². The Kier molecular flexibility index (Phi) is 4.93. The van der Waals surface area contributed by atoms with Gasteiger partial charge in [0, 0.05) is 5.56 Å². The van der Waals surface area contributed by atoms with Gasteiger partial charge in [-0.2, -0.15) is 0 Å². The van der Waals surface area contributed by atoms with Gasteiger partial charge in [0.1, 0.15) is 0 Å². The molecule has 1 fully saturated rings. The maximum atomic E-state index is 14.2. The predicted molar refractivity (Wildman–Crippen MR) is 75.8 cm³/mol. The summed E-state index contributed by atoms with van der Waals surface area (Å²) in [6.07, 6.45) is 2.01. The van der Waals surface area contributed by atoms with Crippen LogP contribution in [-0.4, -0.2) is 30.6 Å². The number of nitrogens with zero attached hydrogens (tertiary/aromatic N) is 1. The number of halogens is 2. The van der Waals surface area contributed by atoms with E-state index in [2.05, 4.69) is 0 Å². The van der Waals surface area contributed by atoms with Gasteiger partial charge < -0.3 is 4.74 Å². The monoisotopic (exact) mass is 297 g/mol. The number of hydrogen-bond acceptors (Lipinski definition) is 3. The zero-order chi connectivity index (χ0) is 15.5. The van der Waals surface area contributed by atoms with Crippen molar-refractivity contribution in [2.75, 3.05) is 19.7 Å². The molecular formula is C16H21F2NO2. The Morgan fingerprint density at radius 3 is 2.62 bits per heavy atom. The van der Waals surface area contributed by atoms with Gasteiger partial charge in [0.15, 0.2) is 11.6 Å². The molecule has 1 saturated heterocycles. The number of rotatable bonds is 5. The van der Waals surface area contributed by atoms with Crippen LogP contribution in [-0.2, 0) is 15.1 Å². The highest BCUT2D eigenvalue weighted by atomic mass is 19.2. The van der Waals surface area contributed by atoms with Crippen molar-refractivity contribution in [2.24, 2.45) is 0 Å². The first-order chi connectivity index (χ1) is 9.99. The van der Waals surface area contributed by atoms with E-state index in [0.717, 1.165) is 32.0 Å². The van der Waals surface area contributed by atoms with Gasteiger partial charge in [0.25, 0.3) is 0 Å². The molecule has 1 aromatic carbocycles. The lowest BCUT2D eigenvalue weighted by Crippen LogP contribution is -2.44. The smallest absolute Gasteiger partial charge is 0.308 e. The van der Waals surface area contributed by atoms with E-state index in [1.54, 1.807) is 19.9 Å². The summed E-state index contributed by atoms with van der Waals surface area (Å²) in [5.41, 5.74) is -0.660. The van der Waals surface area contributed by atoms with Crippen molar-refractivity contribution in [3.05, 3.63) is 35.4 Å². The molecule has 3 nitrogen and oxygen atoms in total. The molecule has 21 heavy (non-hydrogen) atoms. The van der Waals surface area contributed by atoms with Gasteiger partial charge in [0.2, 0.25) is 0 Å². The first kappa shape index (κ1) is 15.9. The number of carbonyl (C=O) groups is 1. The number of likely N-dealkylation sites (tertiary alicyclic amines) is 1. The summed E-state index contributed by atoms with van der Waals surface area (Å²) in [4.78, 5) is 14.0. The van der Waals surface area contributed by atoms with Crippen molar-refractivity contribution < 1.29 is 18.3 Å². The van der Waals surface area contributed by atoms with Crippen molar-refractivity contribution >= 4 is 5.97 Å². The van der Waals surface area contributed by atoms with Crippen LogP contribution in [0.2, 0.25) is 0 Å². The van der Waals surface area contributed by atoms with Crippen molar-refractivity contribution in [1.82, 2.24) is 4.90 Å². The Bertz CT molecular complexity index is 515. The second kappa shape index (κ2) is 6.52. The molecule has 0 bridgehead atoms. The van der Waals surface area contributed by atoms with Crippen LogP contribution in [0.4, 0.5) is 8.78 Å². The molecule has 1 aromatic rings. The van der Waals surface area contributed by atoms with E-state index >= 15 is 0 Å². The van der Waals surface area contributed by atoms with E-state index in [9.17, 15) is 13.6 Å². The van der Waals surface area contributed by atoms with E-state index in [-0.39, 0.29) is 18.6 Å². The van der Waals surface area contributed by atoms with E-state index in [1.165, 1.54) is 6.07 Å². The van der Waals surface area contributed by atoms with Gasteiger partial charge in [0.05, 0.1) is 18.6 Å². The fourth-order valence-electron chi connectivity index (χ4n) is 3.00. The molecule has 0 spiro atoms. The number of benzene rings is 1. The molecule has 1 atom stereocenters. The van der Waals surface area contributed by atoms with Crippen LogP contribution in [0.3, 0.4) is 0 Å². The number of hydrogen-bond donors (Lipinski definition) is 0. The molecule has 1 heterocycles. The van der Waals surface area contributed by atoms with Crippen LogP contribution in [0, 0.1) is 11.6 Å². The molecule has 0 aliphatic carbocycles. The summed E-state index contributed by atoms with van der Waals surface area (Å²) in [6.45, 7) is 5.33. The molecular weight excluding hydrogens is 276 g/mol. The van der Waals surface area contributed by atoms with Gasteiger partial charge in [-0.25, -0.2) is 8.78 Å². The molecule has 0 aromatic heterocycles. The lowest BCUT2D eigenvalue weighted by molar-refractivity contribution is -0.146. The summed E-state index contributed by atoms with van der Waals surface area (Å²) in [5, 5.41) is 0. The molecule has 116 valence electrons. The second-order valence-electron chi connectivity index (χ2n) is 5.55. The van der Waals surface area contributed by atoms with E-state index in [1.807, 2.05) is 4.90 Å². The SMILES string of the molecule is CCOC(=O)CC(C)(c1cccc(F)c1F)N1CCCC1. The summed E-state index contributed by atoms with van der Waals surface area (Å²) in [6, 6.07) is 4.12. The van der Waals surface area contributed by atoms with Crippen LogP contribution in [0.15, 0.2) is 18.2 Å². The first-order valence-electron chi connectivity index (χ1n) is 7.34. The van der Waals surface area contributed by atoms with Gasteiger partial charge in [-0.05, 0) is 45.8 Å². The second-order valence-corrected chi connectivity index (χ2v) is 5.55. The van der Waals surface area contributed by atoms with E-state index in [0.29, 0.717) is 0 Å². The molecule has 2 rings (SSSR count). The first-order valence-corrected chi connectivity index (χ1v) is 7.34. The molecule has 0 saturated carbocycles. The Balaban J connectivity index is 2.39. The van der Waals surface area contributed by atoms with Crippen LogP contribution in [0.1, 0.15) is 38.7 Å². The fourth-order valence-corrected chi connectivity index (χ4v) is 3.00. The maximum absolute atomic E-state index is 14.2. The highest BCUT2D eigenvalue weighted by molar-refractivity contribution is 5.71. The van der Waals surface area contributed by atoms with Gasteiger partial charge >= 0.3 is 5.97 Å². The Morgan fingerprint density at radius 2 is 2.00 bits per heavy atom. The Labute approximate surface area is 123 Å². The fraction of sp³-hybridized carbons (Fsp3) is 0.562. The van der Waals surface area contributed by atoms with Crippen molar-refractivity contribution in [2.45, 2.75) is 38.6 Å². The highest BCUT2D eigenvalue weighted by Gasteiger charge is 2.40. The molecule has 0 amide bonds. The minimum absolute atomic E-state index is 0.0151. The largest absolute Gasteiger partial charge is 0.466 e. The van der Waals surface area contributed by atoms with E-state index in [4.69, 9.17) is 4.74 Å².